The number of carbonyl (C=O) groups excluding carboxylic acids is 1. The van der Waals surface area contributed by atoms with Gasteiger partial charge in [-0.2, -0.15) is 5.10 Å². The van der Waals surface area contributed by atoms with Crippen molar-refractivity contribution in [1.82, 2.24) is 10.7 Å². The van der Waals surface area contributed by atoms with Gasteiger partial charge in [0.05, 0.1) is 6.54 Å². The van der Waals surface area contributed by atoms with E-state index in [0.717, 1.165) is 0 Å². The van der Waals surface area contributed by atoms with E-state index >= 15 is 0 Å². The Balaban J connectivity index is 3.18. The first kappa shape index (κ1) is 8.68. The molecule has 0 atom stereocenters. The summed E-state index contributed by atoms with van der Waals surface area (Å²) in [4.78, 5) is 10.3. The Labute approximate surface area is 60.0 Å². The van der Waals surface area contributed by atoms with Crippen molar-refractivity contribution in [3.05, 3.63) is 12.8 Å². The molecule has 0 aliphatic rings. The molecular formula is C6H11N3O. The van der Waals surface area contributed by atoms with Gasteiger partial charge in [-0.1, -0.05) is 6.58 Å². The predicted octanol–water partition coefficient (Wildman–Crippen LogP) is -0.159. The van der Waals surface area contributed by atoms with E-state index in [2.05, 4.69) is 22.4 Å². The fraction of sp³-hybridized carbons (Fsp3) is 0.333. The molecule has 0 rings (SSSR count). The highest BCUT2D eigenvalue weighted by molar-refractivity contribution is 5.76. The Kier molecular flexibility index (Phi) is 5.04. The molecule has 0 bridgehead atoms. The monoisotopic (exact) mass is 141 g/mol. The minimum Gasteiger partial charge on any atom is -0.351 e. The fourth-order valence-corrected chi connectivity index (χ4v) is 0.340. The van der Waals surface area contributed by atoms with E-state index < -0.39 is 0 Å². The van der Waals surface area contributed by atoms with Crippen LogP contribution in [0.15, 0.2) is 17.9 Å². The van der Waals surface area contributed by atoms with Crippen LogP contribution in [0.25, 0.3) is 0 Å². The number of hydrazone groups is 1. The van der Waals surface area contributed by atoms with Crippen LogP contribution in [0.2, 0.25) is 0 Å². The number of rotatable bonds is 4. The lowest BCUT2D eigenvalue weighted by Gasteiger charge is -1.92. The molecule has 0 aromatic carbocycles. The third-order valence-corrected chi connectivity index (χ3v) is 0.699. The van der Waals surface area contributed by atoms with Gasteiger partial charge in [-0.25, -0.2) is 0 Å². The zero-order valence-electron chi connectivity index (χ0n) is 5.92. The molecule has 1 amide bonds. The van der Waals surface area contributed by atoms with Crippen molar-refractivity contribution >= 4 is 12.1 Å². The van der Waals surface area contributed by atoms with Crippen LogP contribution >= 0.6 is 0 Å². The summed E-state index contributed by atoms with van der Waals surface area (Å²) in [6.07, 6.45) is 2.99. The highest BCUT2D eigenvalue weighted by atomic mass is 16.1. The summed E-state index contributed by atoms with van der Waals surface area (Å²) in [6.45, 7) is 5.28. The highest BCUT2D eigenvalue weighted by Crippen LogP contribution is 1.59. The van der Waals surface area contributed by atoms with Gasteiger partial charge in [0.2, 0.25) is 5.91 Å². The molecule has 0 saturated carbocycles. The average Bonchev–Trinajstić information content (AvgIpc) is 1.87. The van der Waals surface area contributed by atoms with E-state index in [1.807, 2.05) is 0 Å². The van der Waals surface area contributed by atoms with Crippen molar-refractivity contribution in [2.45, 2.75) is 6.92 Å². The zero-order chi connectivity index (χ0) is 7.82. The average molecular weight is 141 g/mol. The van der Waals surface area contributed by atoms with Gasteiger partial charge in [-0.15, -0.1) is 0 Å². The van der Waals surface area contributed by atoms with E-state index in [1.165, 1.54) is 13.1 Å². The van der Waals surface area contributed by atoms with Crippen LogP contribution in [-0.4, -0.2) is 18.7 Å². The number of hydrogen-bond acceptors (Lipinski definition) is 3. The molecule has 0 saturated heterocycles. The third kappa shape index (κ3) is 6.68. The van der Waals surface area contributed by atoms with Crippen molar-refractivity contribution in [1.29, 1.82) is 0 Å². The second-order valence-electron chi connectivity index (χ2n) is 1.58. The molecule has 0 heterocycles. The summed E-state index contributed by atoms with van der Waals surface area (Å²) in [5, 5.41) is 6.20. The van der Waals surface area contributed by atoms with E-state index in [9.17, 15) is 4.79 Å². The molecule has 4 nitrogen and oxygen atoms in total. The van der Waals surface area contributed by atoms with Crippen LogP contribution in [-0.2, 0) is 4.79 Å². The fourth-order valence-electron chi connectivity index (χ4n) is 0.340. The van der Waals surface area contributed by atoms with Gasteiger partial charge in [-0.3, -0.25) is 10.2 Å². The molecule has 4 heteroatoms. The van der Waals surface area contributed by atoms with Crippen molar-refractivity contribution < 1.29 is 4.79 Å². The second kappa shape index (κ2) is 5.81. The summed E-state index contributed by atoms with van der Waals surface area (Å²) in [7, 11) is 0. The standard InChI is InChI=1S/C6H11N3O/c1-3-8-9-5-4-7-6(2)10/h3,5,8H,1,4H2,2H3,(H,7,10)/b9-5-. The first-order chi connectivity index (χ1) is 4.77. The van der Waals surface area contributed by atoms with Crippen LogP contribution in [0.5, 0.6) is 0 Å². The smallest absolute Gasteiger partial charge is 0.217 e. The minimum atomic E-state index is -0.0648. The van der Waals surface area contributed by atoms with Gasteiger partial charge < -0.3 is 5.32 Å². The number of nitrogens with zero attached hydrogens (tertiary/aromatic N) is 1. The summed E-state index contributed by atoms with van der Waals surface area (Å²) in [5.74, 6) is -0.0648. The maximum absolute atomic E-state index is 10.3. The molecular weight excluding hydrogens is 130 g/mol. The normalized spacial score (nSPS) is 9.30. The summed E-state index contributed by atoms with van der Waals surface area (Å²) >= 11 is 0. The predicted molar refractivity (Wildman–Crippen MR) is 40.5 cm³/mol. The van der Waals surface area contributed by atoms with Gasteiger partial charge in [0.25, 0.3) is 0 Å². The lowest BCUT2D eigenvalue weighted by atomic mass is 10.6. The quantitative estimate of drug-likeness (QED) is 0.422. The van der Waals surface area contributed by atoms with Crippen molar-refractivity contribution in [2.75, 3.05) is 6.54 Å². The van der Waals surface area contributed by atoms with Crippen LogP contribution < -0.4 is 10.7 Å². The van der Waals surface area contributed by atoms with Crippen molar-refractivity contribution in [3.8, 4) is 0 Å². The lowest BCUT2D eigenvalue weighted by Crippen LogP contribution is -2.22. The topological polar surface area (TPSA) is 53.5 Å². The van der Waals surface area contributed by atoms with E-state index in [-0.39, 0.29) is 5.91 Å². The number of hydrogen-bond donors (Lipinski definition) is 2. The maximum atomic E-state index is 10.3. The van der Waals surface area contributed by atoms with Crippen molar-refractivity contribution in [3.63, 3.8) is 0 Å². The molecule has 2 N–H and O–H groups in total. The zero-order valence-corrected chi connectivity index (χ0v) is 5.92. The van der Waals surface area contributed by atoms with E-state index in [0.29, 0.717) is 6.54 Å². The Bertz CT molecular complexity index is 142. The first-order valence-corrected chi connectivity index (χ1v) is 2.89. The Morgan fingerprint density at radius 1 is 1.80 bits per heavy atom. The second-order valence-corrected chi connectivity index (χ2v) is 1.58. The Morgan fingerprint density at radius 2 is 2.50 bits per heavy atom. The highest BCUT2D eigenvalue weighted by Gasteiger charge is 1.83. The number of carbonyl (C=O) groups is 1. The van der Waals surface area contributed by atoms with Crippen LogP contribution in [0.4, 0.5) is 0 Å². The molecule has 0 unspecified atom stereocenters. The van der Waals surface area contributed by atoms with Crippen LogP contribution in [0.3, 0.4) is 0 Å². The Hall–Kier alpha value is -1.32. The number of nitrogens with one attached hydrogen (secondary N) is 2. The molecule has 0 aliphatic heterocycles. The Morgan fingerprint density at radius 3 is 3.00 bits per heavy atom. The van der Waals surface area contributed by atoms with Gasteiger partial charge in [0, 0.05) is 19.3 Å². The largest absolute Gasteiger partial charge is 0.351 e. The summed E-state index contributed by atoms with van der Waals surface area (Å²) in [6, 6.07) is 0. The SMILES string of the molecule is C=CN/N=C\CNC(C)=O. The molecule has 0 aromatic heterocycles. The van der Waals surface area contributed by atoms with E-state index in [4.69, 9.17) is 0 Å². The van der Waals surface area contributed by atoms with Gasteiger partial charge in [0.1, 0.15) is 0 Å². The van der Waals surface area contributed by atoms with Crippen molar-refractivity contribution in [2.24, 2.45) is 5.10 Å². The minimum absolute atomic E-state index is 0.0648. The summed E-state index contributed by atoms with van der Waals surface area (Å²) in [5.41, 5.74) is 2.50. The lowest BCUT2D eigenvalue weighted by molar-refractivity contribution is -0.118. The van der Waals surface area contributed by atoms with Gasteiger partial charge in [0.15, 0.2) is 0 Å². The number of amides is 1. The van der Waals surface area contributed by atoms with E-state index in [1.54, 1.807) is 6.21 Å². The molecule has 0 spiro atoms. The van der Waals surface area contributed by atoms with Crippen LogP contribution in [0, 0.1) is 0 Å². The molecule has 56 valence electrons. The summed E-state index contributed by atoms with van der Waals surface area (Å²) < 4.78 is 0. The molecule has 0 fully saturated rings. The first-order valence-electron chi connectivity index (χ1n) is 2.89. The van der Waals surface area contributed by atoms with Gasteiger partial charge in [-0.05, 0) is 0 Å². The molecule has 0 aliphatic carbocycles. The maximum Gasteiger partial charge on any atom is 0.217 e. The van der Waals surface area contributed by atoms with Crippen LogP contribution in [0.1, 0.15) is 6.92 Å². The molecule has 0 radical (unpaired) electrons. The molecule has 0 aromatic rings. The van der Waals surface area contributed by atoms with Gasteiger partial charge >= 0.3 is 0 Å². The third-order valence-electron chi connectivity index (χ3n) is 0.699. The molecule has 10 heavy (non-hydrogen) atoms.